The lowest BCUT2D eigenvalue weighted by Gasteiger charge is -2.17. The van der Waals surface area contributed by atoms with Gasteiger partial charge in [0.15, 0.2) is 11.9 Å². The number of carbonyl (C=O) groups excluding carboxylic acids is 2. The maximum absolute atomic E-state index is 12.2. The lowest BCUT2D eigenvalue weighted by Crippen LogP contribution is -2.48. The number of amides is 2. The van der Waals surface area contributed by atoms with Crippen molar-refractivity contribution in [2.24, 2.45) is 32.9 Å². The standard InChI is InChI=1S/C18H36N8O4/c19-17(20)24-10-5-3-1-2-4-8-14(27)26-13(12-15(28)29)16(30)23-9-6-7-11-25-18(21)22/h13H,1-12H2,(H,23,30)(H,26,27)(H,28,29)(H4,19,20,24)(H4,21,22,25). The van der Waals surface area contributed by atoms with Crippen LogP contribution in [0.25, 0.3) is 0 Å². The summed E-state index contributed by atoms with van der Waals surface area (Å²) in [5.74, 6) is -1.94. The third-order valence-corrected chi connectivity index (χ3v) is 4.07. The zero-order valence-electron chi connectivity index (χ0n) is 17.4. The Morgan fingerprint density at radius 1 is 0.800 bits per heavy atom. The van der Waals surface area contributed by atoms with Gasteiger partial charge in [0.1, 0.15) is 6.04 Å². The first-order valence-corrected chi connectivity index (χ1v) is 10.1. The van der Waals surface area contributed by atoms with Crippen molar-refractivity contribution < 1.29 is 19.5 Å². The summed E-state index contributed by atoms with van der Waals surface area (Å²) >= 11 is 0. The number of guanidine groups is 2. The van der Waals surface area contributed by atoms with Crippen LogP contribution in [0.2, 0.25) is 0 Å². The molecule has 0 aliphatic heterocycles. The summed E-state index contributed by atoms with van der Waals surface area (Å²) in [6, 6.07) is -1.10. The van der Waals surface area contributed by atoms with E-state index in [1.807, 2.05) is 0 Å². The molecule has 1 unspecified atom stereocenters. The highest BCUT2D eigenvalue weighted by atomic mass is 16.4. The van der Waals surface area contributed by atoms with E-state index in [1.54, 1.807) is 0 Å². The van der Waals surface area contributed by atoms with Crippen molar-refractivity contribution in [1.29, 1.82) is 0 Å². The summed E-state index contributed by atoms with van der Waals surface area (Å²) in [6.45, 7) is 1.37. The van der Waals surface area contributed by atoms with Crippen LogP contribution in [-0.2, 0) is 14.4 Å². The number of rotatable bonds is 17. The Balaban J connectivity index is 4.11. The molecule has 12 nitrogen and oxygen atoms in total. The normalized spacial score (nSPS) is 11.2. The highest BCUT2D eigenvalue weighted by molar-refractivity contribution is 5.90. The molecule has 0 aliphatic carbocycles. The van der Waals surface area contributed by atoms with Gasteiger partial charge in [0.05, 0.1) is 6.42 Å². The van der Waals surface area contributed by atoms with Crippen molar-refractivity contribution in [3.05, 3.63) is 0 Å². The quantitative estimate of drug-likeness (QED) is 0.0837. The highest BCUT2D eigenvalue weighted by Gasteiger charge is 2.23. The highest BCUT2D eigenvalue weighted by Crippen LogP contribution is 2.06. The number of carbonyl (C=O) groups is 3. The second-order valence-corrected chi connectivity index (χ2v) is 6.85. The van der Waals surface area contributed by atoms with Gasteiger partial charge in [0, 0.05) is 26.1 Å². The maximum atomic E-state index is 12.2. The van der Waals surface area contributed by atoms with E-state index in [0.717, 1.165) is 25.7 Å². The molecule has 2 amide bonds. The Kier molecular flexibility index (Phi) is 15.1. The molecule has 0 saturated heterocycles. The molecule has 0 bridgehead atoms. The molecule has 11 N–H and O–H groups in total. The lowest BCUT2D eigenvalue weighted by atomic mass is 10.1. The van der Waals surface area contributed by atoms with Gasteiger partial charge in [-0.3, -0.25) is 24.4 Å². The fourth-order valence-corrected chi connectivity index (χ4v) is 2.57. The van der Waals surface area contributed by atoms with E-state index < -0.39 is 24.3 Å². The summed E-state index contributed by atoms with van der Waals surface area (Å²) in [7, 11) is 0. The minimum atomic E-state index is -1.16. The largest absolute Gasteiger partial charge is 0.481 e. The van der Waals surface area contributed by atoms with Crippen molar-refractivity contribution in [2.75, 3.05) is 19.6 Å². The van der Waals surface area contributed by atoms with E-state index in [-0.39, 0.29) is 24.2 Å². The van der Waals surface area contributed by atoms with Gasteiger partial charge in [-0.25, -0.2) is 0 Å². The summed E-state index contributed by atoms with van der Waals surface area (Å²) in [5, 5.41) is 14.1. The van der Waals surface area contributed by atoms with Gasteiger partial charge in [-0.05, 0) is 25.7 Å². The number of hydrogen-bond acceptors (Lipinski definition) is 5. The summed E-state index contributed by atoms with van der Waals surface area (Å²) in [6.07, 6.45) is 5.31. The lowest BCUT2D eigenvalue weighted by molar-refractivity contribution is -0.140. The van der Waals surface area contributed by atoms with Gasteiger partial charge in [-0.15, -0.1) is 0 Å². The Hall–Kier alpha value is -3.05. The average molecular weight is 429 g/mol. The van der Waals surface area contributed by atoms with Gasteiger partial charge in [-0.2, -0.15) is 0 Å². The van der Waals surface area contributed by atoms with E-state index in [4.69, 9.17) is 28.0 Å². The first-order chi connectivity index (χ1) is 14.2. The van der Waals surface area contributed by atoms with Crippen LogP contribution in [0.5, 0.6) is 0 Å². The number of nitrogens with zero attached hydrogens (tertiary/aromatic N) is 2. The molecule has 0 heterocycles. The number of aliphatic carboxylic acids is 1. The fraction of sp³-hybridized carbons (Fsp3) is 0.722. The first-order valence-electron chi connectivity index (χ1n) is 10.1. The topological polar surface area (TPSA) is 224 Å². The smallest absolute Gasteiger partial charge is 0.305 e. The van der Waals surface area contributed by atoms with Gasteiger partial charge < -0.3 is 38.7 Å². The molecule has 1 atom stereocenters. The zero-order chi connectivity index (χ0) is 22.8. The third kappa shape index (κ3) is 17.1. The molecule has 0 aromatic heterocycles. The number of carboxylic acids is 1. The second kappa shape index (κ2) is 16.9. The van der Waals surface area contributed by atoms with Gasteiger partial charge >= 0.3 is 5.97 Å². The number of nitrogens with two attached hydrogens (primary N) is 4. The van der Waals surface area contributed by atoms with Crippen LogP contribution in [0.3, 0.4) is 0 Å². The Morgan fingerprint density at radius 2 is 1.33 bits per heavy atom. The molecule has 0 radical (unpaired) electrons. The molecular weight excluding hydrogens is 392 g/mol. The predicted octanol–water partition coefficient (Wildman–Crippen LogP) is -1.27. The van der Waals surface area contributed by atoms with Crippen molar-refractivity contribution >= 4 is 29.7 Å². The number of nitrogens with one attached hydrogen (secondary N) is 2. The van der Waals surface area contributed by atoms with E-state index in [1.165, 1.54) is 0 Å². The van der Waals surface area contributed by atoms with Crippen LogP contribution in [-0.4, -0.2) is 60.5 Å². The SMILES string of the molecule is NC(N)=NCCCCCCCC(=O)NC(CC(=O)O)C(=O)NCCCCN=C(N)N. The summed E-state index contributed by atoms with van der Waals surface area (Å²) < 4.78 is 0. The van der Waals surface area contributed by atoms with E-state index in [0.29, 0.717) is 38.9 Å². The molecular formula is C18H36N8O4. The summed E-state index contributed by atoms with van der Waals surface area (Å²) in [5.41, 5.74) is 20.9. The van der Waals surface area contributed by atoms with Crippen LogP contribution in [0.4, 0.5) is 0 Å². The number of carboxylic acid groups (broad SMARTS) is 1. The molecule has 12 heteroatoms. The number of aliphatic imine (C=N–C) groups is 2. The van der Waals surface area contributed by atoms with E-state index >= 15 is 0 Å². The van der Waals surface area contributed by atoms with Crippen molar-refractivity contribution in [3.63, 3.8) is 0 Å². The van der Waals surface area contributed by atoms with Crippen LogP contribution in [0.15, 0.2) is 9.98 Å². The van der Waals surface area contributed by atoms with E-state index in [9.17, 15) is 14.4 Å². The van der Waals surface area contributed by atoms with Crippen LogP contribution in [0.1, 0.15) is 57.8 Å². The summed E-state index contributed by atoms with van der Waals surface area (Å²) in [4.78, 5) is 43.0. The van der Waals surface area contributed by atoms with Crippen LogP contribution >= 0.6 is 0 Å². The molecule has 0 aliphatic rings. The van der Waals surface area contributed by atoms with Crippen molar-refractivity contribution in [3.8, 4) is 0 Å². The minimum absolute atomic E-state index is 0.00853. The second-order valence-electron chi connectivity index (χ2n) is 6.85. The Bertz CT molecular complexity index is 587. The van der Waals surface area contributed by atoms with Gasteiger partial charge in [0.2, 0.25) is 11.8 Å². The average Bonchev–Trinajstić information content (AvgIpc) is 2.65. The maximum Gasteiger partial charge on any atom is 0.305 e. The first kappa shape index (κ1) is 27.0. The Labute approximate surface area is 176 Å². The van der Waals surface area contributed by atoms with Crippen molar-refractivity contribution in [1.82, 2.24) is 10.6 Å². The number of unbranched alkanes of at least 4 members (excludes halogenated alkanes) is 5. The third-order valence-electron chi connectivity index (χ3n) is 4.07. The molecule has 172 valence electrons. The molecule has 0 rings (SSSR count). The van der Waals surface area contributed by atoms with Gasteiger partial charge in [-0.1, -0.05) is 19.3 Å². The zero-order valence-corrected chi connectivity index (χ0v) is 17.4. The molecule has 0 fully saturated rings. The molecule has 30 heavy (non-hydrogen) atoms. The predicted molar refractivity (Wildman–Crippen MR) is 115 cm³/mol. The van der Waals surface area contributed by atoms with Crippen LogP contribution < -0.4 is 33.6 Å². The van der Waals surface area contributed by atoms with Gasteiger partial charge in [0.25, 0.3) is 0 Å². The fourth-order valence-electron chi connectivity index (χ4n) is 2.57. The minimum Gasteiger partial charge on any atom is -0.481 e. The molecule has 0 aromatic carbocycles. The molecule has 0 saturated carbocycles. The van der Waals surface area contributed by atoms with E-state index in [2.05, 4.69) is 20.6 Å². The monoisotopic (exact) mass is 428 g/mol. The van der Waals surface area contributed by atoms with Crippen molar-refractivity contribution in [2.45, 2.75) is 63.8 Å². The van der Waals surface area contributed by atoms with Crippen LogP contribution in [0, 0.1) is 0 Å². The molecule has 0 spiro atoms. The number of hydrogen-bond donors (Lipinski definition) is 7. The molecule has 0 aromatic rings. The Morgan fingerprint density at radius 3 is 1.90 bits per heavy atom.